The van der Waals surface area contributed by atoms with Gasteiger partial charge in [0.1, 0.15) is 17.1 Å². The summed E-state index contributed by atoms with van der Waals surface area (Å²) in [7, 11) is -1.24. The first kappa shape index (κ1) is 21.0. The van der Waals surface area contributed by atoms with Crippen molar-refractivity contribution < 1.29 is 13.4 Å². The van der Waals surface area contributed by atoms with Crippen LogP contribution in [0.5, 0.6) is 0 Å². The van der Waals surface area contributed by atoms with E-state index in [1.807, 2.05) is 0 Å². The molecule has 0 saturated heterocycles. The summed E-state index contributed by atoms with van der Waals surface area (Å²) >= 11 is 0. The molecule has 2 atom stereocenters. The van der Waals surface area contributed by atoms with Crippen molar-refractivity contribution in [2.75, 3.05) is 7.05 Å². The second-order valence-corrected chi connectivity index (χ2v) is 10.7. The van der Waals surface area contributed by atoms with E-state index in [1.54, 1.807) is 20.0 Å². The van der Waals surface area contributed by atoms with Crippen molar-refractivity contribution in [1.82, 2.24) is 9.29 Å². The van der Waals surface area contributed by atoms with Crippen LogP contribution in [0.15, 0.2) is 41.5 Å². The van der Waals surface area contributed by atoms with Gasteiger partial charge in [0.2, 0.25) is 11.6 Å². The van der Waals surface area contributed by atoms with E-state index < -0.39 is 25.8 Å². The number of hydrogen-bond donors (Lipinski definition) is 1. The summed E-state index contributed by atoms with van der Waals surface area (Å²) in [5, 5.41) is 0. The van der Waals surface area contributed by atoms with Gasteiger partial charge in [-0.05, 0) is 49.4 Å². The van der Waals surface area contributed by atoms with Gasteiger partial charge in [0.05, 0.1) is 21.0 Å². The Balaban J connectivity index is 1.73. The van der Waals surface area contributed by atoms with Crippen LogP contribution in [0.4, 0.5) is 10.1 Å². The van der Waals surface area contributed by atoms with E-state index in [2.05, 4.69) is 20.7 Å². The largest absolute Gasteiger partial charge is 0.369 e. The summed E-state index contributed by atoms with van der Waals surface area (Å²) in [6, 6.07) is 7.46. The number of nitrogens with zero attached hydrogens (tertiary/aromatic N) is 4. The van der Waals surface area contributed by atoms with E-state index >= 15 is 4.39 Å². The van der Waals surface area contributed by atoms with Gasteiger partial charge >= 0.3 is 0 Å². The van der Waals surface area contributed by atoms with Crippen molar-refractivity contribution >= 4 is 33.0 Å². The molecule has 1 saturated carbocycles. The fraction of sp³-hybridized carbons (Fsp3) is 0.318. The summed E-state index contributed by atoms with van der Waals surface area (Å²) in [4.78, 5) is 24.5. The zero-order valence-corrected chi connectivity index (χ0v) is 18.1. The lowest BCUT2D eigenvalue weighted by molar-refractivity contribution is 0.0988. The smallest absolute Gasteiger partial charge is 0.205 e. The Kier molecular flexibility index (Phi) is 4.67. The molecule has 1 aliphatic carbocycles. The molecule has 0 bridgehead atoms. The molecule has 4 rings (SSSR count). The third-order valence-electron chi connectivity index (χ3n) is 6.39. The Labute approximate surface area is 180 Å². The lowest BCUT2D eigenvalue weighted by Gasteiger charge is -2.45. The number of pyridine rings is 1. The highest BCUT2D eigenvalue weighted by atomic mass is 32.2. The number of benzene rings is 1. The van der Waals surface area contributed by atoms with Crippen molar-refractivity contribution in [3.05, 3.63) is 70.6 Å². The summed E-state index contributed by atoms with van der Waals surface area (Å²) in [6.45, 7) is 8.70. The first-order chi connectivity index (χ1) is 14.6. The van der Waals surface area contributed by atoms with Crippen molar-refractivity contribution in [1.29, 1.82) is 0 Å². The second kappa shape index (κ2) is 6.89. The van der Waals surface area contributed by atoms with E-state index in [-0.39, 0.29) is 29.4 Å². The number of aromatic nitrogens is 1. The standard InChI is InChI=1S/C22H22FN5O2S/c1-21(22(9-10-22)31(4,30)28(3)20(24)27-21)16-11-14(5-7-17(16)23)12-19(29)18-8-6-15(25-2)13-26-18/h5-8,11,13H,4,9-10,12H2,1,3H3,(H2,24,27)/t21-,31?/m1/s1. The molecule has 1 aliphatic heterocycles. The fourth-order valence-corrected chi connectivity index (χ4v) is 6.68. The second-order valence-electron chi connectivity index (χ2n) is 8.10. The molecule has 7 nitrogen and oxygen atoms in total. The lowest BCUT2D eigenvalue weighted by atomic mass is 9.85. The van der Waals surface area contributed by atoms with Crippen molar-refractivity contribution in [2.45, 2.75) is 36.5 Å². The molecule has 2 heterocycles. The molecule has 31 heavy (non-hydrogen) atoms. The van der Waals surface area contributed by atoms with E-state index in [4.69, 9.17) is 12.3 Å². The van der Waals surface area contributed by atoms with Gasteiger partial charge in [-0.1, -0.05) is 12.1 Å². The number of aliphatic imine (C=N–C) groups is 1. The Morgan fingerprint density at radius 3 is 2.68 bits per heavy atom. The monoisotopic (exact) mass is 439 g/mol. The Hall–Kier alpha value is -3.25. The summed E-state index contributed by atoms with van der Waals surface area (Å²) in [6.07, 6.45) is 2.52. The molecule has 2 aromatic rings. The number of Topliss-reactive ketones (excluding diaryl/α,β-unsaturated/α-hetero) is 1. The van der Waals surface area contributed by atoms with Crippen LogP contribution in [0, 0.1) is 12.4 Å². The highest BCUT2D eigenvalue weighted by molar-refractivity contribution is 8.00. The third-order valence-corrected chi connectivity index (χ3v) is 9.49. The van der Waals surface area contributed by atoms with Gasteiger partial charge in [-0.15, -0.1) is 0 Å². The minimum Gasteiger partial charge on any atom is -0.369 e. The normalized spacial score (nSPS) is 26.3. The minimum atomic E-state index is -2.83. The quantitative estimate of drug-likeness (QED) is 0.450. The molecule has 1 fully saturated rings. The molecular weight excluding hydrogens is 417 g/mol. The number of carbonyl (C=O) groups excluding carboxylic acids is 1. The molecule has 1 aromatic carbocycles. The average Bonchev–Trinajstić information content (AvgIpc) is 3.56. The fourth-order valence-electron chi connectivity index (χ4n) is 4.30. The average molecular weight is 440 g/mol. The van der Waals surface area contributed by atoms with Gasteiger partial charge in [-0.25, -0.2) is 18.4 Å². The topological polar surface area (TPSA) is 93.0 Å². The maximum Gasteiger partial charge on any atom is 0.205 e. The molecule has 1 aromatic heterocycles. The molecule has 1 unspecified atom stereocenters. The maximum absolute atomic E-state index is 15.0. The van der Waals surface area contributed by atoms with Gasteiger partial charge in [-0.2, -0.15) is 0 Å². The van der Waals surface area contributed by atoms with E-state index in [9.17, 15) is 9.00 Å². The zero-order chi connectivity index (χ0) is 22.6. The molecule has 0 radical (unpaired) electrons. The SMILES string of the molecule is [C-]#[N+]c1ccc(C(=O)Cc2ccc(F)c([C@@]3(C)N=C(N)N(C)S(=C)(=O)C34CC4)c2)nc1. The van der Waals surface area contributed by atoms with Crippen molar-refractivity contribution in [2.24, 2.45) is 10.7 Å². The van der Waals surface area contributed by atoms with Gasteiger partial charge in [0.25, 0.3) is 0 Å². The van der Waals surface area contributed by atoms with Gasteiger partial charge < -0.3 is 5.73 Å². The predicted molar refractivity (Wildman–Crippen MR) is 119 cm³/mol. The summed E-state index contributed by atoms with van der Waals surface area (Å²) < 4.78 is 29.1. The van der Waals surface area contributed by atoms with Gasteiger partial charge in [-0.3, -0.25) is 14.1 Å². The number of guanidine groups is 1. The molecule has 160 valence electrons. The molecule has 1 spiro atoms. The van der Waals surface area contributed by atoms with E-state index in [0.29, 0.717) is 24.1 Å². The van der Waals surface area contributed by atoms with Crippen LogP contribution in [0.3, 0.4) is 0 Å². The Morgan fingerprint density at radius 2 is 2.10 bits per heavy atom. The van der Waals surface area contributed by atoms with Crippen LogP contribution in [0.1, 0.15) is 41.4 Å². The molecule has 0 amide bonds. The minimum absolute atomic E-state index is 0.000423. The number of carbonyl (C=O) groups is 1. The van der Waals surface area contributed by atoms with Crippen molar-refractivity contribution in [3.63, 3.8) is 0 Å². The number of hydrogen-bond acceptors (Lipinski definition) is 5. The third kappa shape index (κ3) is 3.01. The number of ketones is 1. The van der Waals surface area contributed by atoms with Crippen molar-refractivity contribution in [3.8, 4) is 0 Å². The van der Waals surface area contributed by atoms with Crippen LogP contribution < -0.4 is 5.73 Å². The molecular formula is C22H22FN5O2S. The maximum atomic E-state index is 15.0. The number of rotatable bonds is 4. The molecule has 9 heteroatoms. The highest BCUT2D eigenvalue weighted by Gasteiger charge is 2.67. The zero-order valence-electron chi connectivity index (χ0n) is 17.3. The Bertz CT molecular complexity index is 1260. The van der Waals surface area contributed by atoms with Gasteiger partial charge in [0.15, 0.2) is 5.78 Å². The van der Waals surface area contributed by atoms with Crippen LogP contribution in [-0.2, 0) is 21.7 Å². The molecule has 2 N–H and O–H groups in total. The first-order valence-corrected chi connectivity index (χ1v) is 11.4. The van der Waals surface area contributed by atoms with Gasteiger partial charge in [0, 0.05) is 25.2 Å². The van der Waals surface area contributed by atoms with Crippen LogP contribution in [-0.4, -0.2) is 42.9 Å². The first-order valence-electron chi connectivity index (χ1n) is 9.67. The van der Waals surface area contributed by atoms with Crippen LogP contribution >= 0.6 is 0 Å². The number of nitrogens with two attached hydrogens (primary N) is 1. The summed E-state index contributed by atoms with van der Waals surface area (Å²) in [5.41, 5.74) is 6.27. The highest BCUT2D eigenvalue weighted by Crippen LogP contribution is 2.60. The van der Waals surface area contributed by atoms with E-state index in [0.717, 1.165) is 0 Å². The number of halogens is 1. The van der Waals surface area contributed by atoms with E-state index in [1.165, 1.54) is 34.8 Å². The predicted octanol–water partition coefficient (Wildman–Crippen LogP) is 2.84. The molecule has 2 aliphatic rings. The van der Waals surface area contributed by atoms with Crippen LogP contribution in [0.2, 0.25) is 0 Å². The lowest BCUT2D eigenvalue weighted by Crippen LogP contribution is -2.58. The Morgan fingerprint density at radius 1 is 1.39 bits per heavy atom. The van der Waals surface area contributed by atoms with Crippen LogP contribution in [0.25, 0.3) is 4.85 Å². The summed E-state index contributed by atoms with van der Waals surface area (Å²) in [5.74, 6) is 3.23.